The van der Waals surface area contributed by atoms with Gasteiger partial charge < -0.3 is 16.2 Å². The highest BCUT2D eigenvalue weighted by atomic mass is 16.4. The van der Waals surface area contributed by atoms with Crippen LogP contribution in [0.2, 0.25) is 0 Å². The van der Waals surface area contributed by atoms with Gasteiger partial charge in [-0.15, -0.1) is 0 Å². The number of carboxylic acids is 1. The summed E-state index contributed by atoms with van der Waals surface area (Å²) >= 11 is 0. The van der Waals surface area contributed by atoms with Crippen molar-refractivity contribution in [2.75, 3.05) is 13.1 Å². The Labute approximate surface area is 103 Å². The summed E-state index contributed by atoms with van der Waals surface area (Å²) in [6, 6.07) is 0. The Morgan fingerprint density at radius 3 is 2.35 bits per heavy atom. The fraction of sp³-hybridized carbons (Fsp3) is 0.833. The van der Waals surface area contributed by atoms with Crippen LogP contribution in [0.3, 0.4) is 0 Å². The van der Waals surface area contributed by atoms with Crippen molar-refractivity contribution in [3.8, 4) is 0 Å². The number of nitrogens with one attached hydrogen (secondary N) is 1. The Bertz CT molecular complexity index is 262. The van der Waals surface area contributed by atoms with E-state index in [1.54, 1.807) is 6.92 Å². The van der Waals surface area contributed by atoms with Crippen molar-refractivity contribution in [2.24, 2.45) is 17.1 Å². The largest absolute Gasteiger partial charge is 0.481 e. The van der Waals surface area contributed by atoms with E-state index in [0.29, 0.717) is 12.8 Å². The van der Waals surface area contributed by atoms with Crippen LogP contribution in [0, 0.1) is 11.3 Å². The van der Waals surface area contributed by atoms with Gasteiger partial charge in [0.2, 0.25) is 5.91 Å². The molecule has 5 nitrogen and oxygen atoms in total. The lowest BCUT2D eigenvalue weighted by Gasteiger charge is -2.25. The molecular formula is C12H24N2O3. The first-order valence-electron chi connectivity index (χ1n) is 6.12. The molecule has 0 fully saturated rings. The molecule has 0 saturated carbocycles. The van der Waals surface area contributed by atoms with Crippen LogP contribution in [-0.2, 0) is 9.59 Å². The molecule has 0 aromatic heterocycles. The van der Waals surface area contributed by atoms with Gasteiger partial charge in [0.25, 0.3) is 0 Å². The molecule has 4 N–H and O–H groups in total. The Kier molecular flexibility index (Phi) is 6.80. The molecule has 0 aromatic carbocycles. The monoisotopic (exact) mass is 244 g/mol. The lowest BCUT2D eigenvalue weighted by atomic mass is 9.86. The fourth-order valence-electron chi connectivity index (χ4n) is 1.49. The highest BCUT2D eigenvalue weighted by Crippen LogP contribution is 2.19. The van der Waals surface area contributed by atoms with Crippen molar-refractivity contribution in [3.05, 3.63) is 0 Å². The molecule has 0 aliphatic heterocycles. The number of hydrogen-bond donors (Lipinski definition) is 3. The molecule has 0 heterocycles. The fourth-order valence-corrected chi connectivity index (χ4v) is 1.49. The Balaban J connectivity index is 4.34. The third kappa shape index (κ3) is 4.73. The smallest absolute Gasteiger partial charge is 0.308 e. The molecule has 0 bridgehead atoms. The average Bonchev–Trinajstić information content (AvgIpc) is 2.32. The van der Waals surface area contributed by atoms with Crippen LogP contribution in [0.15, 0.2) is 0 Å². The van der Waals surface area contributed by atoms with E-state index in [4.69, 9.17) is 10.8 Å². The summed E-state index contributed by atoms with van der Waals surface area (Å²) in [4.78, 5) is 22.8. The highest BCUT2D eigenvalue weighted by molar-refractivity contribution is 5.83. The van der Waals surface area contributed by atoms with Gasteiger partial charge in [0.1, 0.15) is 0 Å². The molecule has 5 heteroatoms. The van der Waals surface area contributed by atoms with Gasteiger partial charge in [-0.3, -0.25) is 9.59 Å². The second-order valence-electron chi connectivity index (χ2n) is 4.65. The standard InChI is InChI=1S/C12H24N2O3/c1-4-6-9(10(15)16)7-14-11(17)12(3,5-2)8-13/h9H,4-8,13H2,1-3H3,(H,14,17)(H,15,16). The Hall–Kier alpha value is -1.10. The molecule has 2 atom stereocenters. The van der Waals surface area contributed by atoms with Crippen LogP contribution < -0.4 is 11.1 Å². The molecule has 1 amide bonds. The first kappa shape index (κ1) is 15.9. The molecule has 0 aromatic rings. The first-order valence-corrected chi connectivity index (χ1v) is 6.12. The van der Waals surface area contributed by atoms with E-state index in [1.807, 2.05) is 13.8 Å². The minimum absolute atomic E-state index is 0.162. The Morgan fingerprint density at radius 2 is 2.00 bits per heavy atom. The van der Waals surface area contributed by atoms with E-state index in [9.17, 15) is 9.59 Å². The molecule has 0 saturated heterocycles. The SMILES string of the molecule is CCCC(CNC(=O)C(C)(CC)CN)C(=O)O. The third-order valence-electron chi connectivity index (χ3n) is 3.27. The number of hydrogen-bond acceptors (Lipinski definition) is 3. The number of carboxylic acid groups (broad SMARTS) is 1. The lowest BCUT2D eigenvalue weighted by Crippen LogP contribution is -2.45. The van der Waals surface area contributed by atoms with Gasteiger partial charge in [-0.2, -0.15) is 0 Å². The van der Waals surface area contributed by atoms with E-state index in [2.05, 4.69) is 5.32 Å². The number of rotatable bonds is 8. The van der Waals surface area contributed by atoms with E-state index in [1.165, 1.54) is 0 Å². The molecule has 0 aliphatic carbocycles. The molecule has 0 rings (SSSR count). The minimum Gasteiger partial charge on any atom is -0.481 e. The summed E-state index contributed by atoms with van der Waals surface area (Å²) in [5, 5.41) is 11.7. The van der Waals surface area contributed by atoms with E-state index in [-0.39, 0.29) is 19.0 Å². The molecule has 0 radical (unpaired) electrons. The van der Waals surface area contributed by atoms with Gasteiger partial charge in [0, 0.05) is 13.1 Å². The zero-order chi connectivity index (χ0) is 13.5. The van der Waals surface area contributed by atoms with Gasteiger partial charge >= 0.3 is 5.97 Å². The van der Waals surface area contributed by atoms with Gasteiger partial charge in [0.05, 0.1) is 11.3 Å². The number of carbonyl (C=O) groups is 2. The van der Waals surface area contributed by atoms with Crippen molar-refractivity contribution in [1.82, 2.24) is 5.32 Å². The molecule has 0 spiro atoms. The molecule has 2 unspecified atom stereocenters. The van der Waals surface area contributed by atoms with Crippen molar-refractivity contribution in [1.29, 1.82) is 0 Å². The van der Waals surface area contributed by atoms with Crippen LogP contribution in [0.25, 0.3) is 0 Å². The quantitative estimate of drug-likeness (QED) is 0.593. The van der Waals surface area contributed by atoms with Crippen LogP contribution in [0.1, 0.15) is 40.0 Å². The van der Waals surface area contributed by atoms with Crippen LogP contribution >= 0.6 is 0 Å². The normalized spacial score (nSPS) is 16.0. The third-order valence-corrected chi connectivity index (χ3v) is 3.27. The number of carbonyl (C=O) groups excluding carboxylic acids is 1. The lowest BCUT2D eigenvalue weighted by molar-refractivity contribution is -0.142. The van der Waals surface area contributed by atoms with Crippen molar-refractivity contribution in [2.45, 2.75) is 40.0 Å². The maximum atomic E-state index is 11.9. The van der Waals surface area contributed by atoms with Crippen LogP contribution in [0.4, 0.5) is 0 Å². The van der Waals surface area contributed by atoms with Gasteiger partial charge in [-0.05, 0) is 19.8 Å². The first-order chi connectivity index (χ1) is 7.91. The summed E-state index contributed by atoms with van der Waals surface area (Å²) in [5.74, 6) is -1.54. The number of amides is 1. The Morgan fingerprint density at radius 1 is 1.41 bits per heavy atom. The number of aliphatic carboxylic acids is 1. The zero-order valence-corrected chi connectivity index (χ0v) is 11.0. The van der Waals surface area contributed by atoms with Gasteiger partial charge in [0.15, 0.2) is 0 Å². The predicted molar refractivity (Wildman–Crippen MR) is 66.5 cm³/mol. The van der Waals surface area contributed by atoms with Crippen LogP contribution in [0.5, 0.6) is 0 Å². The van der Waals surface area contributed by atoms with Crippen molar-refractivity contribution < 1.29 is 14.7 Å². The second-order valence-corrected chi connectivity index (χ2v) is 4.65. The highest BCUT2D eigenvalue weighted by Gasteiger charge is 2.30. The van der Waals surface area contributed by atoms with E-state index in [0.717, 1.165) is 6.42 Å². The van der Waals surface area contributed by atoms with Gasteiger partial charge in [-0.25, -0.2) is 0 Å². The zero-order valence-electron chi connectivity index (χ0n) is 11.0. The van der Waals surface area contributed by atoms with E-state index >= 15 is 0 Å². The summed E-state index contributed by atoms with van der Waals surface area (Å²) in [7, 11) is 0. The topological polar surface area (TPSA) is 92.4 Å². The van der Waals surface area contributed by atoms with Crippen molar-refractivity contribution >= 4 is 11.9 Å². The molecule has 100 valence electrons. The van der Waals surface area contributed by atoms with Gasteiger partial charge in [-0.1, -0.05) is 20.3 Å². The van der Waals surface area contributed by atoms with E-state index < -0.39 is 17.3 Å². The number of nitrogens with two attached hydrogens (primary N) is 1. The molecule has 17 heavy (non-hydrogen) atoms. The average molecular weight is 244 g/mol. The molecular weight excluding hydrogens is 220 g/mol. The maximum absolute atomic E-state index is 11.9. The van der Waals surface area contributed by atoms with Crippen LogP contribution in [-0.4, -0.2) is 30.1 Å². The minimum atomic E-state index is -0.863. The second kappa shape index (κ2) is 7.27. The summed E-state index contributed by atoms with van der Waals surface area (Å²) in [5.41, 5.74) is 4.96. The summed E-state index contributed by atoms with van der Waals surface area (Å²) in [6.07, 6.45) is 2.00. The maximum Gasteiger partial charge on any atom is 0.308 e. The predicted octanol–water partition coefficient (Wildman–Crippen LogP) is 0.979. The molecule has 0 aliphatic rings. The summed E-state index contributed by atoms with van der Waals surface area (Å²) in [6.45, 7) is 6.05. The van der Waals surface area contributed by atoms with Crippen molar-refractivity contribution in [3.63, 3.8) is 0 Å². The summed E-state index contributed by atoms with van der Waals surface area (Å²) < 4.78 is 0.